The number of hydrogen-bond acceptors (Lipinski definition) is 5. The molecule has 4 heterocycles. The van der Waals surface area contributed by atoms with Crippen LogP contribution in [0.1, 0.15) is 19.4 Å². The first-order valence-electron chi connectivity index (χ1n) is 25.2. The number of hydrogen-bond donors (Lipinski definition) is 1. The smallest absolute Gasteiger partial charge is 0.136 e. The zero-order chi connectivity index (χ0) is 49.2. The molecule has 0 aliphatic carbocycles. The summed E-state index contributed by atoms with van der Waals surface area (Å²) in [6.45, 7) is 3.78. The fourth-order valence-corrected chi connectivity index (χ4v) is 11.9. The summed E-state index contributed by atoms with van der Waals surface area (Å²) in [4.78, 5) is 2.38. The fraction of sp³-hybridized carbons (Fsp3) is 0.0435. The highest BCUT2D eigenvalue weighted by atomic mass is 16.3. The van der Waals surface area contributed by atoms with E-state index in [2.05, 4.69) is 193 Å². The summed E-state index contributed by atoms with van der Waals surface area (Å²) in [5, 5.41) is 18.9. The van der Waals surface area contributed by atoms with Gasteiger partial charge in [0.1, 0.15) is 33.5 Å². The molecule has 0 atom stereocenters. The van der Waals surface area contributed by atoms with Crippen molar-refractivity contribution in [1.82, 2.24) is 0 Å². The topological polar surface area (TPSA) is 62.9 Å². The van der Waals surface area contributed by atoms with Gasteiger partial charge in [-0.25, -0.2) is 0 Å². The molecule has 0 radical (unpaired) electrons. The van der Waals surface area contributed by atoms with E-state index in [0.717, 1.165) is 155 Å². The van der Waals surface area contributed by atoms with Crippen LogP contribution in [0.5, 0.6) is 0 Å². The third-order valence-electron chi connectivity index (χ3n) is 15.2. The molecule has 0 unspecified atom stereocenters. The van der Waals surface area contributed by atoms with E-state index in [9.17, 15) is 5.11 Å². The van der Waals surface area contributed by atoms with E-state index in [-0.39, 0.29) is 0 Å². The number of furan rings is 3. The molecular formula is C69H45NO4. The molecule has 74 heavy (non-hydrogen) atoms. The van der Waals surface area contributed by atoms with Crippen molar-refractivity contribution in [1.29, 1.82) is 0 Å². The van der Waals surface area contributed by atoms with Gasteiger partial charge >= 0.3 is 0 Å². The Labute approximate surface area is 426 Å². The zero-order valence-corrected chi connectivity index (χ0v) is 40.6. The van der Waals surface area contributed by atoms with E-state index in [1.807, 2.05) is 56.3 Å². The molecule has 3 aromatic heterocycles. The van der Waals surface area contributed by atoms with Crippen LogP contribution >= 0.6 is 0 Å². The lowest BCUT2D eigenvalue weighted by Gasteiger charge is -2.33. The van der Waals surface area contributed by atoms with Crippen LogP contribution in [-0.2, 0) is 5.60 Å². The highest BCUT2D eigenvalue weighted by Gasteiger charge is 2.33. The molecule has 5 nitrogen and oxygen atoms in total. The summed E-state index contributed by atoms with van der Waals surface area (Å²) in [5.41, 5.74) is 20.4. The highest BCUT2D eigenvalue weighted by molar-refractivity contribution is 6.16. The number of anilines is 3. The van der Waals surface area contributed by atoms with Gasteiger partial charge in [-0.15, -0.1) is 0 Å². The van der Waals surface area contributed by atoms with Crippen molar-refractivity contribution >= 4 is 82.9 Å². The lowest BCUT2D eigenvalue weighted by Crippen LogP contribution is -2.22. The van der Waals surface area contributed by atoms with E-state index in [4.69, 9.17) is 13.3 Å². The summed E-state index contributed by atoms with van der Waals surface area (Å²) in [6.07, 6.45) is 0. The van der Waals surface area contributed by atoms with Crippen LogP contribution in [-0.4, -0.2) is 5.11 Å². The Balaban J connectivity index is 1.05. The molecule has 15 rings (SSSR count). The number of aliphatic hydroxyl groups is 1. The van der Waals surface area contributed by atoms with Crippen LogP contribution in [0.25, 0.3) is 133 Å². The minimum absolute atomic E-state index is 0.804. The lowest BCUT2D eigenvalue weighted by molar-refractivity contribution is 0.0792. The standard InChI is InChI=1S/C69H45NO4/c1-69(2,71)56-40-42(41-15-4-3-5-16-41)30-36-59(56)70-57-34-31-44(47-21-13-27-64-67(47)51-18-7-10-24-61(51)73-64)38-54(57)49-33-29-43(46-20-12-26-63-66(46)50-17-6-9-23-60(50)72-63)37-53(49)55-39-45(32-35-58(55)70)48-22-14-28-65-68(48)52-19-8-11-25-62(52)74-65/h3-40,71H,1-2H3. The van der Waals surface area contributed by atoms with Gasteiger partial charge in [0.05, 0.1) is 22.7 Å². The predicted molar refractivity (Wildman–Crippen MR) is 304 cm³/mol. The number of para-hydroxylation sites is 3. The van der Waals surface area contributed by atoms with Crippen molar-refractivity contribution in [2.24, 2.45) is 0 Å². The van der Waals surface area contributed by atoms with Gasteiger partial charge in [-0.3, -0.25) is 0 Å². The molecule has 11 aromatic carbocycles. The zero-order valence-electron chi connectivity index (χ0n) is 40.6. The number of nitrogens with zero attached hydrogens (tertiary/aromatic N) is 1. The van der Waals surface area contributed by atoms with Gasteiger partial charge in [-0.05, 0) is 148 Å². The number of fused-ring (bicyclic) bond motifs is 14. The maximum absolute atomic E-state index is 12.4. The Kier molecular flexibility index (Phi) is 9.17. The molecule has 0 spiro atoms. The van der Waals surface area contributed by atoms with Gasteiger partial charge in [0, 0.05) is 49.0 Å². The maximum Gasteiger partial charge on any atom is 0.136 e. The van der Waals surface area contributed by atoms with Crippen LogP contribution < -0.4 is 4.90 Å². The fourth-order valence-electron chi connectivity index (χ4n) is 11.9. The molecule has 1 N–H and O–H groups in total. The molecule has 0 saturated carbocycles. The second kappa shape index (κ2) is 16.0. The van der Waals surface area contributed by atoms with Crippen molar-refractivity contribution in [3.8, 4) is 66.8 Å². The highest BCUT2D eigenvalue weighted by Crippen LogP contribution is 2.56. The Morgan fingerprint density at radius 1 is 0.297 bits per heavy atom. The average Bonchev–Trinajstić information content (AvgIpc) is 4.13. The van der Waals surface area contributed by atoms with Crippen molar-refractivity contribution in [3.05, 3.63) is 236 Å². The molecule has 1 aliphatic rings. The summed E-state index contributed by atoms with van der Waals surface area (Å²) in [5.74, 6) is 0. The van der Waals surface area contributed by atoms with Gasteiger partial charge in [-0.2, -0.15) is 0 Å². The largest absolute Gasteiger partial charge is 0.456 e. The second-order valence-electron chi connectivity index (χ2n) is 20.0. The first-order chi connectivity index (χ1) is 36.3. The van der Waals surface area contributed by atoms with Crippen LogP contribution in [0.15, 0.2) is 244 Å². The maximum atomic E-state index is 12.4. The van der Waals surface area contributed by atoms with E-state index in [1.54, 1.807) is 0 Å². The van der Waals surface area contributed by atoms with E-state index >= 15 is 0 Å². The number of rotatable bonds is 6. The molecule has 14 aromatic rings. The Hall–Kier alpha value is -9.42. The van der Waals surface area contributed by atoms with Gasteiger partial charge in [0.2, 0.25) is 0 Å². The Morgan fingerprint density at radius 2 is 0.689 bits per heavy atom. The summed E-state index contributed by atoms with van der Waals surface area (Å²) < 4.78 is 19.4. The molecular weight excluding hydrogens is 907 g/mol. The van der Waals surface area contributed by atoms with Crippen LogP contribution in [0, 0.1) is 0 Å². The quantitative estimate of drug-likeness (QED) is 0.180. The van der Waals surface area contributed by atoms with E-state index in [1.165, 1.54) is 0 Å². The van der Waals surface area contributed by atoms with Crippen molar-refractivity contribution < 1.29 is 18.4 Å². The van der Waals surface area contributed by atoms with Gasteiger partial charge in [0.15, 0.2) is 0 Å². The molecule has 350 valence electrons. The van der Waals surface area contributed by atoms with Crippen LogP contribution in [0.3, 0.4) is 0 Å². The van der Waals surface area contributed by atoms with Crippen LogP contribution in [0.2, 0.25) is 0 Å². The van der Waals surface area contributed by atoms with E-state index in [0.29, 0.717) is 0 Å². The molecule has 1 aliphatic heterocycles. The first-order valence-corrected chi connectivity index (χ1v) is 25.2. The number of benzene rings is 11. The van der Waals surface area contributed by atoms with Gasteiger partial charge in [0.25, 0.3) is 0 Å². The predicted octanol–water partition coefficient (Wildman–Crippen LogP) is 19.4. The normalized spacial score (nSPS) is 12.5. The van der Waals surface area contributed by atoms with Crippen molar-refractivity contribution in [2.45, 2.75) is 19.4 Å². The monoisotopic (exact) mass is 951 g/mol. The minimum atomic E-state index is -1.23. The van der Waals surface area contributed by atoms with Gasteiger partial charge < -0.3 is 23.3 Å². The SMILES string of the molecule is CC(C)(O)c1cc(-c2ccccc2)ccc1N1c2ccc(-c3cccc4oc5ccccc5c34)cc2-c2ccc(-c3cccc4oc5ccccc5c34)cc2-c2cc(-c3cccc4oc5ccccc5c34)ccc21. The van der Waals surface area contributed by atoms with Crippen LogP contribution in [0.4, 0.5) is 17.1 Å². The lowest BCUT2D eigenvalue weighted by atomic mass is 9.87. The third kappa shape index (κ3) is 6.47. The molecule has 5 heteroatoms. The third-order valence-corrected chi connectivity index (χ3v) is 15.2. The second-order valence-corrected chi connectivity index (χ2v) is 20.0. The summed E-state index contributed by atoms with van der Waals surface area (Å²) >= 11 is 0. The summed E-state index contributed by atoms with van der Waals surface area (Å²) in [7, 11) is 0. The van der Waals surface area contributed by atoms with Crippen molar-refractivity contribution in [2.75, 3.05) is 4.90 Å². The molecule has 0 bridgehead atoms. The Bertz CT molecular complexity index is 4600. The minimum Gasteiger partial charge on any atom is -0.456 e. The molecule has 0 fully saturated rings. The van der Waals surface area contributed by atoms with E-state index < -0.39 is 5.60 Å². The summed E-state index contributed by atoms with van der Waals surface area (Å²) in [6, 6.07) is 81.6. The molecule has 0 amide bonds. The van der Waals surface area contributed by atoms with Gasteiger partial charge in [-0.1, -0.05) is 152 Å². The van der Waals surface area contributed by atoms with Crippen molar-refractivity contribution in [3.63, 3.8) is 0 Å². The Morgan fingerprint density at radius 3 is 1.18 bits per heavy atom. The average molecular weight is 952 g/mol. The molecule has 0 saturated heterocycles. The first kappa shape index (κ1) is 42.3.